The van der Waals surface area contributed by atoms with Gasteiger partial charge >= 0.3 is 0 Å². The predicted octanol–water partition coefficient (Wildman–Crippen LogP) is 4.31. The first-order valence-electron chi connectivity index (χ1n) is 6.45. The lowest BCUT2D eigenvalue weighted by atomic mass is 9.98. The number of hydrogen-bond donors (Lipinski definition) is 1. The van der Waals surface area contributed by atoms with Crippen LogP contribution in [0.4, 0.5) is 4.39 Å². The van der Waals surface area contributed by atoms with Crippen LogP contribution in [0.25, 0.3) is 0 Å². The van der Waals surface area contributed by atoms with Crippen molar-refractivity contribution in [1.82, 2.24) is 0 Å². The molecule has 0 aromatic heterocycles. The number of rotatable bonds is 4. The van der Waals surface area contributed by atoms with Crippen molar-refractivity contribution in [2.45, 2.75) is 26.0 Å². The smallest absolute Gasteiger partial charge is 0.124 e. The van der Waals surface area contributed by atoms with E-state index >= 15 is 0 Å². The summed E-state index contributed by atoms with van der Waals surface area (Å²) in [7, 11) is 0. The van der Waals surface area contributed by atoms with Crippen LogP contribution in [-0.4, -0.2) is 6.10 Å². The quantitative estimate of drug-likeness (QED) is 0.911. The first-order chi connectivity index (χ1) is 9.49. The molecule has 0 heterocycles. The molecule has 2 aromatic rings. The fraction of sp³-hybridized carbons (Fsp3) is 0.250. The molecular weight excluding hydrogens is 277 g/mol. The second-order valence-corrected chi connectivity index (χ2v) is 5.26. The van der Waals surface area contributed by atoms with Gasteiger partial charge in [-0.15, -0.1) is 0 Å². The Labute approximate surface area is 123 Å². The fourth-order valence-corrected chi connectivity index (χ4v) is 2.30. The highest BCUT2D eigenvalue weighted by molar-refractivity contribution is 6.31. The minimum Gasteiger partial charge on any atom is -0.491 e. The topological polar surface area (TPSA) is 35.2 Å². The van der Waals surface area contributed by atoms with Crippen LogP contribution in [0.15, 0.2) is 42.5 Å². The average molecular weight is 294 g/mol. The molecule has 20 heavy (non-hydrogen) atoms. The van der Waals surface area contributed by atoms with Crippen molar-refractivity contribution in [2.24, 2.45) is 5.73 Å². The highest BCUT2D eigenvalue weighted by Gasteiger charge is 2.17. The summed E-state index contributed by atoms with van der Waals surface area (Å²) in [5.41, 5.74) is 7.76. The van der Waals surface area contributed by atoms with E-state index in [1.807, 2.05) is 38.1 Å². The molecule has 0 saturated heterocycles. The molecule has 0 amide bonds. The van der Waals surface area contributed by atoms with Crippen molar-refractivity contribution in [2.75, 3.05) is 0 Å². The van der Waals surface area contributed by atoms with Crippen LogP contribution < -0.4 is 10.5 Å². The van der Waals surface area contributed by atoms with Crippen molar-refractivity contribution >= 4 is 11.6 Å². The predicted molar refractivity (Wildman–Crippen MR) is 79.6 cm³/mol. The Morgan fingerprint density at radius 3 is 2.45 bits per heavy atom. The van der Waals surface area contributed by atoms with Gasteiger partial charge in [0.05, 0.1) is 12.1 Å². The minimum atomic E-state index is -0.460. The van der Waals surface area contributed by atoms with E-state index < -0.39 is 6.04 Å². The molecule has 0 fully saturated rings. The third-order valence-corrected chi connectivity index (χ3v) is 3.24. The lowest BCUT2D eigenvalue weighted by molar-refractivity contribution is 0.239. The second kappa shape index (κ2) is 6.25. The third-order valence-electron chi connectivity index (χ3n) is 2.91. The summed E-state index contributed by atoms with van der Waals surface area (Å²) in [4.78, 5) is 0. The fourth-order valence-electron chi connectivity index (χ4n) is 2.02. The first-order valence-corrected chi connectivity index (χ1v) is 6.83. The molecule has 0 aliphatic carbocycles. The lowest BCUT2D eigenvalue weighted by Crippen LogP contribution is -2.16. The molecule has 0 aliphatic rings. The van der Waals surface area contributed by atoms with Crippen molar-refractivity contribution in [3.8, 4) is 5.75 Å². The maximum absolute atomic E-state index is 13.1. The minimum absolute atomic E-state index is 0.0482. The molecule has 2 rings (SSSR count). The van der Waals surface area contributed by atoms with E-state index in [4.69, 9.17) is 22.1 Å². The van der Waals surface area contributed by atoms with E-state index in [9.17, 15) is 4.39 Å². The lowest BCUT2D eigenvalue weighted by Gasteiger charge is -2.19. The number of ether oxygens (including phenoxy) is 1. The molecule has 2 aromatic carbocycles. The Hall–Kier alpha value is -1.58. The van der Waals surface area contributed by atoms with Gasteiger partial charge in [-0.3, -0.25) is 0 Å². The SMILES string of the molecule is CC(C)Oc1ccccc1C(N)c1ccc(F)cc1Cl. The Bertz CT molecular complexity index is 601. The van der Waals surface area contributed by atoms with Gasteiger partial charge in [-0.2, -0.15) is 0 Å². The Balaban J connectivity index is 2.40. The van der Waals surface area contributed by atoms with Gasteiger partial charge in [0.25, 0.3) is 0 Å². The van der Waals surface area contributed by atoms with Crippen molar-refractivity contribution < 1.29 is 9.13 Å². The third kappa shape index (κ3) is 3.30. The zero-order valence-electron chi connectivity index (χ0n) is 11.4. The van der Waals surface area contributed by atoms with E-state index in [1.54, 1.807) is 6.07 Å². The van der Waals surface area contributed by atoms with Crippen LogP contribution in [0.3, 0.4) is 0 Å². The largest absolute Gasteiger partial charge is 0.491 e. The monoisotopic (exact) mass is 293 g/mol. The summed E-state index contributed by atoms with van der Waals surface area (Å²) in [6, 6.07) is 11.3. The van der Waals surface area contributed by atoms with Crippen LogP contribution in [0.2, 0.25) is 5.02 Å². The average Bonchev–Trinajstić information content (AvgIpc) is 2.38. The van der Waals surface area contributed by atoms with E-state index in [2.05, 4.69) is 0 Å². The molecule has 0 bridgehead atoms. The van der Waals surface area contributed by atoms with E-state index in [1.165, 1.54) is 12.1 Å². The summed E-state index contributed by atoms with van der Waals surface area (Å²) in [5, 5.41) is 0.317. The number of para-hydroxylation sites is 1. The molecule has 1 atom stereocenters. The van der Waals surface area contributed by atoms with Gasteiger partial charge in [-0.05, 0) is 37.6 Å². The molecule has 4 heteroatoms. The molecule has 2 nitrogen and oxygen atoms in total. The molecule has 0 spiro atoms. The highest BCUT2D eigenvalue weighted by atomic mass is 35.5. The van der Waals surface area contributed by atoms with Gasteiger partial charge in [0.2, 0.25) is 0 Å². The zero-order valence-corrected chi connectivity index (χ0v) is 12.2. The van der Waals surface area contributed by atoms with Gasteiger partial charge in [0.1, 0.15) is 11.6 Å². The van der Waals surface area contributed by atoms with Gasteiger partial charge in [0.15, 0.2) is 0 Å². The Morgan fingerprint density at radius 1 is 1.10 bits per heavy atom. The molecule has 0 radical (unpaired) electrons. The number of nitrogens with two attached hydrogens (primary N) is 1. The van der Waals surface area contributed by atoms with Crippen LogP contribution in [0.5, 0.6) is 5.75 Å². The van der Waals surface area contributed by atoms with Crippen molar-refractivity contribution in [1.29, 1.82) is 0 Å². The van der Waals surface area contributed by atoms with Crippen molar-refractivity contribution in [3.05, 3.63) is 64.4 Å². The summed E-state index contributed by atoms with van der Waals surface area (Å²) in [5.74, 6) is 0.341. The second-order valence-electron chi connectivity index (χ2n) is 4.85. The molecule has 2 N–H and O–H groups in total. The maximum Gasteiger partial charge on any atom is 0.124 e. The van der Waals surface area contributed by atoms with Gasteiger partial charge < -0.3 is 10.5 Å². The van der Waals surface area contributed by atoms with Crippen LogP contribution >= 0.6 is 11.6 Å². The standard InChI is InChI=1S/C16H17ClFNO/c1-10(2)20-15-6-4-3-5-13(15)16(19)12-8-7-11(18)9-14(12)17/h3-10,16H,19H2,1-2H3. The van der Waals surface area contributed by atoms with E-state index in [0.717, 1.165) is 11.3 Å². The van der Waals surface area contributed by atoms with Gasteiger partial charge in [-0.25, -0.2) is 4.39 Å². The number of hydrogen-bond acceptors (Lipinski definition) is 2. The maximum atomic E-state index is 13.1. The summed E-state index contributed by atoms with van der Waals surface area (Å²) < 4.78 is 18.9. The summed E-state index contributed by atoms with van der Waals surface area (Å²) in [6.07, 6.45) is 0.0482. The normalized spacial score (nSPS) is 12.5. The highest BCUT2D eigenvalue weighted by Crippen LogP contribution is 2.32. The first kappa shape index (κ1) is 14.8. The molecule has 0 saturated carbocycles. The Kier molecular flexibility index (Phi) is 4.63. The van der Waals surface area contributed by atoms with E-state index in [-0.39, 0.29) is 11.9 Å². The van der Waals surface area contributed by atoms with E-state index in [0.29, 0.717) is 10.6 Å². The van der Waals surface area contributed by atoms with Crippen LogP contribution in [-0.2, 0) is 0 Å². The molecule has 1 unspecified atom stereocenters. The zero-order chi connectivity index (χ0) is 14.7. The van der Waals surface area contributed by atoms with Crippen LogP contribution in [0, 0.1) is 5.82 Å². The van der Waals surface area contributed by atoms with Crippen molar-refractivity contribution in [3.63, 3.8) is 0 Å². The Morgan fingerprint density at radius 2 is 1.80 bits per heavy atom. The number of halogens is 2. The van der Waals surface area contributed by atoms with Crippen LogP contribution in [0.1, 0.15) is 31.0 Å². The van der Waals surface area contributed by atoms with Gasteiger partial charge in [-0.1, -0.05) is 35.9 Å². The summed E-state index contributed by atoms with van der Waals surface area (Å²) >= 11 is 6.07. The number of benzene rings is 2. The molecule has 0 aliphatic heterocycles. The molecular formula is C16H17ClFNO. The van der Waals surface area contributed by atoms with Gasteiger partial charge in [0, 0.05) is 10.6 Å². The molecule has 106 valence electrons. The summed E-state index contributed by atoms with van der Waals surface area (Å²) in [6.45, 7) is 3.90.